The minimum absolute atomic E-state index is 0.0261. The first kappa shape index (κ1) is 38.3. The summed E-state index contributed by atoms with van der Waals surface area (Å²) in [6.45, 7) is -0.673. The van der Waals surface area contributed by atoms with Crippen LogP contribution in [0.25, 0.3) is 0 Å². The van der Waals surface area contributed by atoms with Gasteiger partial charge in [0, 0.05) is 0 Å². The Bertz CT molecular complexity index is 2260. The van der Waals surface area contributed by atoms with Gasteiger partial charge in [-0.1, -0.05) is 36.4 Å². The molecule has 0 heterocycles. The molecule has 0 aliphatic rings. The van der Waals surface area contributed by atoms with Gasteiger partial charge >= 0.3 is 8.25 Å². The third-order valence-corrected chi connectivity index (χ3v) is 12.6. The van der Waals surface area contributed by atoms with Crippen molar-refractivity contribution < 1.29 is 49.4 Å². The van der Waals surface area contributed by atoms with Crippen LogP contribution in [-0.4, -0.2) is 31.1 Å². The van der Waals surface area contributed by atoms with E-state index in [1.54, 1.807) is 123 Å². The van der Waals surface area contributed by atoms with Crippen LogP contribution in [0.3, 0.4) is 0 Å². The molecule has 11 nitrogen and oxygen atoms in total. The van der Waals surface area contributed by atoms with Gasteiger partial charge in [0.2, 0.25) is 19.7 Å². The molecule has 0 aliphatic heterocycles. The van der Waals surface area contributed by atoms with Crippen LogP contribution in [0.4, 0.5) is 0 Å². The third-order valence-electron chi connectivity index (χ3n) is 8.07. The summed E-state index contributed by atoms with van der Waals surface area (Å²) in [5, 5.41) is 0. The molecule has 0 unspecified atom stereocenters. The Morgan fingerprint density at radius 3 is 1.06 bits per heavy atom. The van der Waals surface area contributed by atoms with E-state index in [4.69, 9.17) is 28.0 Å². The van der Waals surface area contributed by atoms with Crippen molar-refractivity contribution in [1.82, 2.24) is 0 Å². The lowest BCUT2D eigenvalue weighted by atomic mass is 10.2. The Hall–Kier alpha value is -5.43. The van der Waals surface area contributed by atoms with Gasteiger partial charge in [0.15, 0.2) is 0 Å². The summed E-state index contributed by atoms with van der Waals surface area (Å²) < 4.78 is 100. The van der Waals surface area contributed by atoms with Gasteiger partial charge in [0.05, 0.1) is 47.0 Å². The Labute approximate surface area is 314 Å². The predicted octanol–water partition coefficient (Wildman–Crippen LogP) is 9.08. The van der Waals surface area contributed by atoms with Crippen molar-refractivity contribution in [3.05, 3.63) is 157 Å². The second-order valence-corrected chi connectivity index (χ2v) is 16.5. The minimum atomic E-state index is -4.00. The molecule has 0 fully saturated rings. The van der Waals surface area contributed by atoms with Crippen LogP contribution in [0.5, 0.6) is 34.5 Å². The molecular weight excluding hydrogens is 752 g/mol. The van der Waals surface area contributed by atoms with E-state index in [1.807, 2.05) is 0 Å². The van der Waals surface area contributed by atoms with Crippen molar-refractivity contribution in [2.45, 2.75) is 32.8 Å². The molecule has 0 radical (unpaired) electrons. The van der Waals surface area contributed by atoms with E-state index < -0.39 is 27.9 Å². The maximum atomic E-state index is 13.6. The number of hydrogen-bond acceptors (Lipinski definition) is 11. The molecule has 0 saturated carbocycles. The molecule has 6 aromatic carbocycles. The van der Waals surface area contributed by atoms with E-state index in [9.17, 15) is 21.4 Å². The molecule has 0 N–H and O–H groups in total. The third kappa shape index (κ3) is 9.19. The van der Waals surface area contributed by atoms with Crippen LogP contribution in [0.15, 0.2) is 165 Å². The Morgan fingerprint density at radius 2 is 0.722 bits per heavy atom. The number of hydrogen-bond donors (Lipinski definition) is 0. The molecule has 6 rings (SSSR count). The second-order valence-electron chi connectivity index (χ2n) is 11.5. The average Bonchev–Trinajstić information content (AvgIpc) is 3.20. The summed E-state index contributed by atoms with van der Waals surface area (Å²) in [4.78, 5) is -0.00253. The van der Waals surface area contributed by atoms with Crippen LogP contribution in [0.1, 0.15) is 11.1 Å². The number of ether oxygens (including phenoxy) is 4. The fraction of sp³-hybridized carbons (Fsp3) is 0.100. The highest BCUT2D eigenvalue weighted by atomic mass is 32.2. The highest BCUT2D eigenvalue weighted by Crippen LogP contribution is 2.34. The summed E-state index contributed by atoms with van der Waals surface area (Å²) >= 11 is 0. The van der Waals surface area contributed by atoms with E-state index in [1.165, 1.54) is 36.4 Å². The molecule has 0 atom stereocenters. The molecule has 6 aromatic rings. The zero-order chi connectivity index (χ0) is 38.1. The Balaban J connectivity index is 1.08. The van der Waals surface area contributed by atoms with E-state index in [0.29, 0.717) is 34.5 Å². The molecule has 0 saturated heterocycles. The minimum Gasteiger partial charge on any atom is -0.497 e. The standard InChI is InChI=1S/C40H35O11PS2/c1-46-31-11-15-33(16-12-31)50-35-19-23-37(24-20-35)53(42,43)39-9-5-3-7-29(39)27-48-52(41)49-28-30-8-4-6-10-40(30)54(44,45)38-25-21-36(22-26-38)51-34-17-13-32(47-2)14-18-34/h3-26,52H,27-28H2,1-2H3. The quantitative estimate of drug-likeness (QED) is 0.0868. The number of rotatable bonds is 16. The van der Waals surface area contributed by atoms with E-state index in [2.05, 4.69) is 0 Å². The molecular formula is C40H35O11PS2. The van der Waals surface area contributed by atoms with E-state index in [-0.39, 0.29) is 43.9 Å². The molecule has 0 bridgehead atoms. The molecule has 0 amide bonds. The second kappa shape index (κ2) is 17.1. The number of benzene rings is 6. The van der Waals surface area contributed by atoms with Gasteiger partial charge in [-0.3, -0.25) is 4.57 Å². The van der Waals surface area contributed by atoms with Crippen LogP contribution in [-0.2, 0) is 46.5 Å². The summed E-state index contributed by atoms with van der Waals surface area (Å²) in [6, 6.07) is 38.3. The number of methoxy groups -OCH3 is 2. The molecule has 0 spiro atoms. The lowest BCUT2D eigenvalue weighted by molar-refractivity contribution is 0.210. The van der Waals surface area contributed by atoms with Crippen molar-refractivity contribution in [2.24, 2.45) is 0 Å². The zero-order valence-electron chi connectivity index (χ0n) is 29.1. The largest absolute Gasteiger partial charge is 0.497 e. The Morgan fingerprint density at radius 1 is 0.426 bits per heavy atom. The zero-order valence-corrected chi connectivity index (χ0v) is 31.7. The molecule has 14 heteroatoms. The normalized spacial score (nSPS) is 11.6. The van der Waals surface area contributed by atoms with Gasteiger partial charge in [-0.2, -0.15) is 0 Å². The van der Waals surface area contributed by atoms with Crippen LogP contribution >= 0.6 is 8.25 Å². The van der Waals surface area contributed by atoms with Crippen molar-refractivity contribution in [3.63, 3.8) is 0 Å². The van der Waals surface area contributed by atoms with Gasteiger partial charge < -0.3 is 28.0 Å². The van der Waals surface area contributed by atoms with Crippen molar-refractivity contribution in [2.75, 3.05) is 14.2 Å². The highest BCUT2D eigenvalue weighted by molar-refractivity contribution is 7.91. The first-order valence-electron chi connectivity index (χ1n) is 16.4. The smallest absolute Gasteiger partial charge is 0.319 e. The molecule has 278 valence electrons. The van der Waals surface area contributed by atoms with Gasteiger partial charge in [0.25, 0.3) is 0 Å². The fourth-order valence-electron chi connectivity index (χ4n) is 5.27. The SMILES string of the molecule is COc1ccc(Oc2ccc(S(=O)(=O)c3ccccc3CO[PH](=O)OCc3ccccc3S(=O)(=O)c3ccc(Oc4ccc(OC)cc4)cc3)cc2)cc1. The fourth-order valence-corrected chi connectivity index (χ4v) is 8.86. The first-order chi connectivity index (χ1) is 26.1. The van der Waals surface area contributed by atoms with Gasteiger partial charge in [-0.15, -0.1) is 0 Å². The summed E-state index contributed by atoms with van der Waals surface area (Å²) in [5.41, 5.74) is 0.529. The van der Waals surface area contributed by atoms with Gasteiger partial charge in [-0.25, -0.2) is 16.8 Å². The summed E-state index contributed by atoms with van der Waals surface area (Å²) in [5.74, 6) is 3.34. The monoisotopic (exact) mass is 786 g/mol. The lowest BCUT2D eigenvalue weighted by Gasteiger charge is -2.13. The maximum absolute atomic E-state index is 13.6. The summed E-state index contributed by atoms with van der Waals surface area (Å²) in [7, 11) is -8.08. The lowest BCUT2D eigenvalue weighted by Crippen LogP contribution is -2.07. The van der Waals surface area contributed by atoms with E-state index >= 15 is 0 Å². The van der Waals surface area contributed by atoms with Crippen molar-refractivity contribution in [3.8, 4) is 34.5 Å². The summed E-state index contributed by atoms with van der Waals surface area (Å²) in [6.07, 6.45) is 0. The van der Waals surface area contributed by atoms with Crippen LogP contribution in [0, 0.1) is 0 Å². The number of sulfone groups is 2. The molecule has 54 heavy (non-hydrogen) atoms. The van der Waals surface area contributed by atoms with Crippen LogP contribution in [0.2, 0.25) is 0 Å². The first-order valence-corrected chi connectivity index (χ1v) is 20.6. The van der Waals surface area contributed by atoms with Gasteiger partial charge in [-0.05, 0) is 120 Å². The Kier molecular flexibility index (Phi) is 12.2. The van der Waals surface area contributed by atoms with E-state index in [0.717, 1.165) is 0 Å². The van der Waals surface area contributed by atoms with Crippen LogP contribution < -0.4 is 18.9 Å². The van der Waals surface area contributed by atoms with Crippen molar-refractivity contribution in [1.29, 1.82) is 0 Å². The van der Waals surface area contributed by atoms with Gasteiger partial charge in [0.1, 0.15) is 34.5 Å². The maximum Gasteiger partial charge on any atom is 0.319 e. The highest BCUT2D eigenvalue weighted by Gasteiger charge is 2.23. The topological polar surface area (TPSA) is 141 Å². The predicted molar refractivity (Wildman–Crippen MR) is 201 cm³/mol. The van der Waals surface area contributed by atoms with Crippen molar-refractivity contribution >= 4 is 27.9 Å². The molecule has 0 aliphatic carbocycles. The average molecular weight is 787 g/mol. The molecule has 0 aromatic heterocycles.